The lowest BCUT2D eigenvalue weighted by Gasteiger charge is -2.14. The van der Waals surface area contributed by atoms with Gasteiger partial charge in [-0.3, -0.25) is 4.79 Å². The third kappa shape index (κ3) is 7.54. The predicted octanol–water partition coefficient (Wildman–Crippen LogP) is 7.29. The van der Waals surface area contributed by atoms with Crippen molar-refractivity contribution < 1.29 is 32.2 Å². The lowest BCUT2D eigenvalue weighted by molar-refractivity contribution is -0.137. The summed E-state index contributed by atoms with van der Waals surface area (Å²) < 4.78 is 57.0. The minimum absolute atomic E-state index is 0.156. The second-order valence-corrected chi connectivity index (χ2v) is 8.91. The molecule has 0 radical (unpaired) electrons. The van der Waals surface area contributed by atoms with Crippen molar-refractivity contribution in [2.45, 2.75) is 19.4 Å². The minimum atomic E-state index is -4.68. The maximum atomic E-state index is 13.2. The number of alkyl halides is 3. The van der Waals surface area contributed by atoms with Crippen LogP contribution in [0, 0.1) is 0 Å². The van der Waals surface area contributed by atoms with Gasteiger partial charge >= 0.3 is 6.18 Å². The number of halogens is 4. The number of hydrogen-bond acceptors (Lipinski definition) is 5. The van der Waals surface area contributed by atoms with Crippen LogP contribution in [-0.2, 0) is 19.4 Å². The van der Waals surface area contributed by atoms with E-state index in [1.807, 2.05) is 36.4 Å². The van der Waals surface area contributed by atoms with Crippen LogP contribution in [0.3, 0.4) is 0 Å². The largest absolute Gasteiger partial charge is 0.493 e. The molecule has 0 saturated carbocycles. The molecule has 0 aromatic heterocycles. The predicted molar refractivity (Wildman–Crippen MR) is 146 cm³/mol. The molecule has 206 valence electrons. The van der Waals surface area contributed by atoms with E-state index in [2.05, 4.69) is 10.5 Å². The lowest BCUT2D eigenvalue weighted by atomic mass is 10.1. The third-order valence-corrected chi connectivity index (χ3v) is 5.91. The van der Waals surface area contributed by atoms with E-state index >= 15 is 0 Å². The molecule has 4 rings (SSSR count). The van der Waals surface area contributed by atoms with Crippen molar-refractivity contribution in [2.24, 2.45) is 5.10 Å². The molecule has 0 unspecified atom stereocenters. The van der Waals surface area contributed by atoms with Crippen molar-refractivity contribution in [1.29, 1.82) is 0 Å². The molecule has 4 aromatic rings. The molecule has 0 heterocycles. The van der Waals surface area contributed by atoms with E-state index in [1.54, 1.807) is 37.4 Å². The van der Waals surface area contributed by atoms with Gasteiger partial charge in [0.15, 0.2) is 11.5 Å². The zero-order valence-corrected chi connectivity index (χ0v) is 22.0. The number of ether oxygens (including phenoxy) is 3. The molecule has 0 aliphatic heterocycles. The van der Waals surface area contributed by atoms with Crippen LogP contribution in [0.25, 0.3) is 0 Å². The van der Waals surface area contributed by atoms with Gasteiger partial charge in [0.2, 0.25) is 0 Å². The molecule has 0 aliphatic carbocycles. The maximum Gasteiger partial charge on any atom is 0.417 e. The molecule has 0 bridgehead atoms. The normalized spacial score (nSPS) is 11.3. The van der Waals surface area contributed by atoms with E-state index in [9.17, 15) is 18.0 Å². The number of methoxy groups -OCH3 is 1. The van der Waals surface area contributed by atoms with Crippen LogP contribution in [0.4, 0.5) is 13.2 Å². The first kappa shape index (κ1) is 28.5. The molecule has 0 atom stereocenters. The van der Waals surface area contributed by atoms with Gasteiger partial charge in [-0.1, -0.05) is 60.1 Å². The Morgan fingerprint density at radius 1 is 0.850 bits per heavy atom. The Balaban J connectivity index is 1.42. The van der Waals surface area contributed by atoms with Crippen LogP contribution in [0.2, 0.25) is 5.02 Å². The molecule has 4 aromatic carbocycles. The van der Waals surface area contributed by atoms with Gasteiger partial charge in [-0.25, -0.2) is 5.43 Å². The van der Waals surface area contributed by atoms with E-state index in [0.29, 0.717) is 34.4 Å². The molecule has 0 saturated heterocycles. The van der Waals surface area contributed by atoms with Crippen molar-refractivity contribution in [3.8, 4) is 17.2 Å². The Kier molecular flexibility index (Phi) is 9.29. The third-order valence-electron chi connectivity index (χ3n) is 5.68. The van der Waals surface area contributed by atoms with Crippen LogP contribution in [0.15, 0.2) is 96.1 Å². The number of rotatable bonds is 10. The zero-order valence-electron chi connectivity index (χ0n) is 21.2. The second kappa shape index (κ2) is 13.0. The molecule has 10 heteroatoms. The Morgan fingerprint density at radius 2 is 1.52 bits per heavy atom. The fourth-order valence-corrected chi connectivity index (χ4v) is 3.90. The fourth-order valence-electron chi connectivity index (χ4n) is 3.72. The number of benzene rings is 4. The van der Waals surface area contributed by atoms with Gasteiger partial charge in [0.05, 0.1) is 24.5 Å². The van der Waals surface area contributed by atoms with Crippen LogP contribution in [0.1, 0.15) is 32.6 Å². The summed E-state index contributed by atoms with van der Waals surface area (Å²) >= 11 is 6.11. The average Bonchev–Trinajstić information content (AvgIpc) is 2.96. The first-order valence-corrected chi connectivity index (χ1v) is 12.4. The van der Waals surface area contributed by atoms with Gasteiger partial charge in [0, 0.05) is 10.6 Å². The number of carbonyl (C=O) groups excluding carboxylic acids is 1. The van der Waals surface area contributed by atoms with Crippen molar-refractivity contribution in [3.63, 3.8) is 0 Å². The van der Waals surface area contributed by atoms with Crippen LogP contribution in [-0.4, -0.2) is 19.2 Å². The van der Waals surface area contributed by atoms with E-state index in [-0.39, 0.29) is 6.61 Å². The summed E-state index contributed by atoms with van der Waals surface area (Å²) in [6, 6.07) is 24.4. The zero-order chi connectivity index (χ0) is 28.5. The van der Waals surface area contributed by atoms with E-state index in [1.165, 1.54) is 18.3 Å². The Bertz CT molecular complexity index is 1490. The molecule has 0 spiro atoms. The first-order chi connectivity index (χ1) is 19.2. The molecule has 0 fully saturated rings. The van der Waals surface area contributed by atoms with Gasteiger partial charge in [-0.15, -0.1) is 0 Å². The highest BCUT2D eigenvalue weighted by molar-refractivity contribution is 6.30. The SMILES string of the molecule is COc1cc(COc2ccc(Cl)cc2/C=N/NC(=O)c2ccccc2C(F)(F)F)ccc1OCc1ccccc1. The molecular weight excluding hydrogens is 545 g/mol. The number of nitrogens with one attached hydrogen (secondary N) is 1. The fraction of sp³-hybridized carbons (Fsp3) is 0.133. The van der Waals surface area contributed by atoms with Gasteiger partial charge in [-0.2, -0.15) is 18.3 Å². The molecule has 1 amide bonds. The highest BCUT2D eigenvalue weighted by Crippen LogP contribution is 2.32. The Labute approximate surface area is 234 Å². The van der Waals surface area contributed by atoms with Crippen molar-refractivity contribution in [3.05, 3.63) is 124 Å². The smallest absolute Gasteiger partial charge is 0.417 e. The highest BCUT2D eigenvalue weighted by Gasteiger charge is 2.34. The Hall–Kier alpha value is -4.50. The lowest BCUT2D eigenvalue weighted by Crippen LogP contribution is -2.22. The van der Waals surface area contributed by atoms with Gasteiger partial charge in [-0.05, 0) is 53.6 Å². The van der Waals surface area contributed by atoms with Gasteiger partial charge in [0.25, 0.3) is 5.91 Å². The summed E-state index contributed by atoms with van der Waals surface area (Å²) in [5, 5.41) is 4.19. The van der Waals surface area contributed by atoms with E-state index in [4.69, 9.17) is 25.8 Å². The standard InChI is InChI=1S/C30H24ClF3N2O4/c1-38-28-15-21(11-13-27(28)40-18-20-7-3-2-4-8-20)19-39-26-14-12-23(31)16-22(26)17-35-36-29(37)24-9-5-6-10-25(24)30(32,33)34/h2-17H,18-19H2,1H3,(H,36,37)/b35-17+. The van der Waals surface area contributed by atoms with Crippen LogP contribution < -0.4 is 19.6 Å². The molecule has 40 heavy (non-hydrogen) atoms. The maximum absolute atomic E-state index is 13.2. The van der Waals surface area contributed by atoms with Gasteiger partial charge < -0.3 is 14.2 Å². The van der Waals surface area contributed by atoms with Crippen LogP contribution >= 0.6 is 11.6 Å². The topological polar surface area (TPSA) is 69.2 Å². The second-order valence-electron chi connectivity index (χ2n) is 8.47. The highest BCUT2D eigenvalue weighted by atomic mass is 35.5. The summed E-state index contributed by atoms with van der Waals surface area (Å²) in [5.41, 5.74) is 2.75. The minimum Gasteiger partial charge on any atom is -0.493 e. The van der Waals surface area contributed by atoms with Crippen LogP contribution in [0.5, 0.6) is 17.2 Å². The summed E-state index contributed by atoms with van der Waals surface area (Å²) in [5.74, 6) is 0.505. The molecule has 1 N–H and O–H groups in total. The number of amides is 1. The summed E-state index contributed by atoms with van der Waals surface area (Å²) in [6.45, 7) is 0.544. The molecular formula is C30H24ClF3N2O4. The number of hydrogen-bond donors (Lipinski definition) is 1. The Morgan fingerprint density at radius 3 is 2.27 bits per heavy atom. The molecule has 0 aliphatic rings. The van der Waals surface area contributed by atoms with Crippen molar-refractivity contribution in [1.82, 2.24) is 5.43 Å². The van der Waals surface area contributed by atoms with Gasteiger partial charge in [0.1, 0.15) is 19.0 Å². The summed E-state index contributed by atoms with van der Waals surface area (Å²) in [6.07, 6.45) is -3.43. The van der Waals surface area contributed by atoms with E-state index < -0.39 is 23.2 Å². The number of hydrazone groups is 1. The monoisotopic (exact) mass is 568 g/mol. The summed E-state index contributed by atoms with van der Waals surface area (Å²) in [4.78, 5) is 12.4. The van der Waals surface area contributed by atoms with E-state index in [0.717, 1.165) is 23.3 Å². The quantitative estimate of drug-likeness (QED) is 0.161. The van der Waals surface area contributed by atoms with Crippen molar-refractivity contribution >= 4 is 23.7 Å². The summed E-state index contributed by atoms with van der Waals surface area (Å²) in [7, 11) is 1.55. The first-order valence-electron chi connectivity index (χ1n) is 12.0. The average molecular weight is 569 g/mol. The van der Waals surface area contributed by atoms with Crippen molar-refractivity contribution in [2.75, 3.05) is 7.11 Å². The number of carbonyl (C=O) groups is 1. The number of nitrogens with zero attached hydrogens (tertiary/aromatic N) is 1. The molecule has 6 nitrogen and oxygen atoms in total.